The van der Waals surface area contributed by atoms with Gasteiger partial charge >= 0.3 is 5.97 Å². The molecule has 1 fully saturated rings. The molecule has 1 aliphatic carbocycles. The Hall–Kier alpha value is -2.99. The van der Waals surface area contributed by atoms with Gasteiger partial charge in [-0.15, -0.1) is 0 Å². The third kappa shape index (κ3) is 3.24. The first-order valence-corrected chi connectivity index (χ1v) is 9.77. The van der Waals surface area contributed by atoms with Crippen LogP contribution in [0.15, 0.2) is 69.5 Å². The van der Waals surface area contributed by atoms with Crippen molar-refractivity contribution in [2.24, 2.45) is 4.99 Å². The fourth-order valence-electron chi connectivity index (χ4n) is 3.22. The molecule has 27 heavy (non-hydrogen) atoms. The molecular weight excluding hydrogens is 360 g/mol. The average Bonchev–Trinajstić information content (AvgIpc) is 3.29. The summed E-state index contributed by atoms with van der Waals surface area (Å²) in [6.45, 7) is 2.08. The number of hydrogen-bond acceptors (Lipinski definition) is 5. The molecule has 2 aliphatic rings. The van der Waals surface area contributed by atoms with Crippen LogP contribution in [0.4, 0.5) is 11.4 Å². The van der Waals surface area contributed by atoms with Gasteiger partial charge in [0.25, 0.3) is 5.91 Å². The van der Waals surface area contributed by atoms with E-state index in [2.05, 4.69) is 17.1 Å². The van der Waals surface area contributed by atoms with Gasteiger partial charge in [-0.3, -0.25) is 9.69 Å². The number of allylic oxidation sites excluding steroid dienone is 3. The van der Waals surface area contributed by atoms with E-state index in [1.165, 1.54) is 0 Å². The lowest BCUT2D eigenvalue weighted by atomic mass is 10.0. The fraction of sp³-hybridized carbons (Fsp3) is 0.190. The summed E-state index contributed by atoms with van der Waals surface area (Å²) in [4.78, 5) is 31.4. The van der Waals surface area contributed by atoms with Crippen LogP contribution in [-0.4, -0.2) is 24.2 Å². The van der Waals surface area contributed by atoms with Crippen molar-refractivity contribution in [3.63, 3.8) is 0 Å². The quantitative estimate of drug-likeness (QED) is 0.728. The second-order valence-corrected chi connectivity index (χ2v) is 6.92. The van der Waals surface area contributed by atoms with E-state index in [1.54, 1.807) is 47.4 Å². The number of rotatable bonds is 4. The van der Waals surface area contributed by atoms with Crippen molar-refractivity contribution in [2.75, 3.05) is 11.5 Å². The minimum atomic E-state index is -0.394. The number of carbonyl (C=O) groups is 2. The zero-order valence-corrected chi connectivity index (χ0v) is 15.7. The zero-order chi connectivity index (χ0) is 18.8. The monoisotopic (exact) mass is 378 g/mol. The van der Waals surface area contributed by atoms with Crippen LogP contribution < -0.4 is 4.90 Å². The summed E-state index contributed by atoms with van der Waals surface area (Å²) >= 11 is 1.55. The van der Waals surface area contributed by atoms with E-state index in [0.717, 1.165) is 29.8 Å². The Morgan fingerprint density at radius 1 is 1.26 bits per heavy atom. The number of anilines is 1. The highest BCUT2D eigenvalue weighted by Gasteiger charge is 2.38. The number of amides is 1. The van der Waals surface area contributed by atoms with Gasteiger partial charge in [0, 0.05) is 11.0 Å². The first-order chi connectivity index (χ1) is 13.2. The number of nitrogens with zero attached hydrogens (tertiary/aromatic N) is 2. The summed E-state index contributed by atoms with van der Waals surface area (Å²) in [5.74, 6) is -0.538. The Bertz CT molecular complexity index is 987. The predicted molar refractivity (Wildman–Crippen MR) is 107 cm³/mol. The van der Waals surface area contributed by atoms with Crippen LogP contribution in [0.5, 0.6) is 0 Å². The molecule has 0 atom stereocenters. The van der Waals surface area contributed by atoms with Crippen molar-refractivity contribution in [1.29, 1.82) is 0 Å². The van der Waals surface area contributed by atoms with E-state index in [9.17, 15) is 9.59 Å². The number of hydrogen-bond donors (Lipinski definition) is 0. The predicted octanol–water partition coefficient (Wildman–Crippen LogP) is 4.65. The van der Waals surface area contributed by atoms with Gasteiger partial charge in [0.2, 0.25) is 0 Å². The molecule has 0 saturated carbocycles. The maximum Gasteiger partial charge on any atom is 0.338 e. The summed E-state index contributed by atoms with van der Waals surface area (Å²) in [6, 6.07) is 8.79. The van der Waals surface area contributed by atoms with Gasteiger partial charge < -0.3 is 4.74 Å². The van der Waals surface area contributed by atoms with Gasteiger partial charge in [0.15, 0.2) is 0 Å². The molecule has 0 bridgehead atoms. The molecule has 2 aromatic rings. The standard InChI is InChI=1S/C21H18N2O3S/c1-2-26-21(25)14-6-5-7-15(12-14)22-19-17-8-3-4-9-18(17)23(20(19)24)16-10-11-27-13-16/h5-13H,2-4H2,1H3. The van der Waals surface area contributed by atoms with Crippen molar-refractivity contribution in [2.45, 2.75) is 19.8 Å². The molecule has 136 valence electrons. The van der Waals surface area contributed by atoms with Crippen LogP contribution in [0.3, 0.4) is 0 Å². The maximum absolute atomic E-state index is 13.1. The highest BCUT2D eigenvalue weighted by atomic mass is 32.1. The normalized spacial score (nSPS) is 17.6. The van der Waals surface area contributed by atoms with Gasteiger partial charge in [-0.1, -0.05) is 18.2 Å². The van der Waals surface area contributed by atoms with Crippen molar-refractivity contribution in [3.05, 3.63) is 70.1 Å². The molecule has 1 aliphatic heterocycles. The Balaban J connectivity index is 1.74. The number of ether oxygens (including phenoxy) is 1. The third-order valence-electron chi connectivity index (χ3n) is 4.39. The van der Waals surface area contributed by atoms with Crippen LogP contribution in [0.25, 0.3) is 0 Å². The van der Waals surface area contributed by atoms with E-state index in [4.69, 9.17) is 4.74 Å². The number of esters is 1. The van der Waals surface area contributed by atoms with E-state index >= 15 is 0 Å². The lowest BCUT2D eigenvalue weighted by molar-refractivity contribution is -0.111. The molecule has 0 radical (unpaired) electrons. The Labute approximate surface area is 161 Å². The van der Waals surface area contributed by atoms with Crippen LogP contribution in [-0.2, 0) is 9.53 Å². The first kappa shape index (κ1) is 17.4. The van der Waals surface area contributed by atoms with E-state index < -0.39 is 5.97 Å². The summed E-state index contributed by atoms with van der Waals surface area (Å²) in [7, 11) is 0. The Morgan fingerprint density at radius 3 is 2.89 bits per heavy atom. The van der Waals surface area contributed by atoms with Crippen LogP contribution >= 0.6 is 11.3 Å². The zero-order valence-electron chi connectivity index (χ0n) is 14.8. The van der Waals surface area contributed by atoms with E-state index in [1.807, 2.05) is 16.8 Å². The highest BCUT2D eigenvalue weighted by molar-refractivity contribution is 7.08. The molecule has 0 unspecified atom stereocenters. The molecule has 0 N–H and O–H groups in total. The number of carbonyl (C=O) groups excluding carboxylic acids is 2. The van der Waals surface area contributed by atoms with Gasteiger partial charge in [-0.2, -0.15) is 11.3 Å². The van der Waals surface area contributed by atoms with Crippen LogP contribution in [0, 0.1) is 0 Å². The molecule has 1 aromatic heterocycles. The smallest absolute Gasteiger partial charge is 0.338 e. The lowest BCUT2D eigenvalue weighted by Crippen LogP contribution is -2.25. The topological polar surface area (TPSA) is 59.0 Å². The Morgan fingerprint density at radius 2 is 2.11 bits per heavy atom. The SMILES string of the molecule is CCOC(=O)c1cccc(N=C2C(=O)N(c3ccsc3)C3=CCCC=C32)c1. The largest absolute Gasteiger partial charge is 0.462 e. The minimum Gasteiger partial charge on any atom is -0.462 e. The van der Waals surface area contributed by atoms with Crippen LogP contribution in [0.2, 0.25) is 0 Å². The molecule has 2 heterocycles. The molecule has 4 rings (SSSR count). The van der Waals surface area contributed by atoms with Crippen molar-refractivity contribution >= 4 is 40.3 Å². The fourth-order valence-corrected chi connectivity index (χ4v) is 3.84. The molecule has 1 aromatic carbocycles. The first-order valence-electron chi connectivity index (χ1n) is 8.82. The summed E-state index contributed by atoms with van der Waals surface area (Å²) in [6.07, 6.45) is 5.93. The van der Waals surface area contributed by atoms with Crippen molar-refractivity contribution in [3.8, 4) is 0 Å². The number of thiophene rings is 1. The summed E-state index contributed by atoms with van der Waals surface area (Å²) in [5.41, 5.74) is 4.00. The number of fused-ring (bicyclic) bond motifs is 1. The molecule has 0 spiro atoms. The van der Waals surface area contributed by atoms with Crippen molar-refractivity contribution < 1.29 is 14.3 Å². The van der Waals surface area contributed by atoms with E-state index in [-0.39, 0.29) is 5.91 Å². The van der Waals surface area contributed by atoms with Gasteiger partial charge in [-0.25, -0.2) is 9.79 Å². The molecule has 1 saturated heterocycles. The maximum atomic E-state index is 13.1. The van der Waals surface area contributed by atoms with Crippen molar-refractivity contribution in [1.82, 2.24) is 0 Å². The third-order valence-corrected chi connectivity index (χ3v) is 5.06. The average molecular weight is 378 g/mol. The summed E-state index contributed by atoms with van der Waals surface area (Å²) < 4.78 is 5.04. The van der Waals surface area contributed by atoms with E-state index in [0.29, 0.717) is 23.6 Å². The van der Waals surface area contributed by atoms with Gasteiger partial charge in [0.1, 0.15) is 5.71 Å². The van der Waals surface area contributed by atoms with Crippen LogP contribution in [0.1, 0.15) is 30.1 Å². The minimum absolute atomic E-state index is 0.144. The second-order valence-electron chi connectivity index (χ2n) is 6.14. The molecular formula is C21H18N2O3S. The molecule has 5 nitrogen and oxygen atoms in total. The lowest BCUT2D eigenvalue weighted by Gasteiger charge is -2.17. The number of benzene rings is 1. The molecule has 6 heteroatoms. The Kier molecular flexibility index (Phi) is 4.73. The number of aliphatic imine (C=N–C) groups is 1. The molecule has 1 amide bonds. The second kappa shape index (κ2) is 7.32. The van der Waals surface area contributed by atoms with Gasteiger partial charge in [-0.05, 0) is 49.4 Å². The summed E-state index contributed by atoms with van der Waals surface area (Å²) in [5, 5.41) is 3.91. The highest BCUT2D eigenvalue weighted by Crippen LogP contribution is 2.37. The van der Waals surface area contributed by atoms with Gasteiger partial charge in [0.05, 0.1) is 29.2 Å².